The number of rotatable bonds is 5. The summed E-state index contributed by atoms with van der Waals surface area (Å²) in [6.07, 6.45) is 2.02. The maximum Gasteiger partial charge on any atom is 0.228 e. The third-order valence-electron chi connectivity index (χ3n) is 5.79. The first-order valence-corrected chi connectivity index (χ1v) is 10.9. The lowest BCUT2D eigenvalue weighted by Gasteiger charge is -2.16. The van der Waals surface area contributed by atoms with Crippen molar-refractivity contribution < 1.29 is 9.18 Å². The summed E-state index contributed by atoms with van der Waals surface area (Å²) in [6, 6.07) is 21.9. The highest BCUT2D eigenvalue weighted by molar-refractivity contribution is 6.30. The molecule has 160 valence electrons. The lowest BCUT2D eigenvalue weighted by atomic mass is 10.1. The Morgan fingerprint density at radius 3 is 2.75 bits per heavy atom. The molecule has 4 nitrogen and oxygen atoms in total. The van der Waals surface area contributed by atoms with Gasteiger partial charge in [0.1, 0.15) is 11.6 Å². The van der Waals surface area contributed by atoms with Gasteiger partial charge in [-0.25, -0.2) is 9.37 Å². The Labute approximate surface area is 190 Å². The Hall–Kier alpha value is -3.44. The topological polar surface area (TPSA) is 54.0 Å². The third-order valence-corrected chi connectivity index (χ3v) is 6.04. The predicted octanol–water partition coefficient (Wildman–Crippen LogP) is 6.31. The molecule has 4 aromatic rings. The smallest absolute Gasteiger partial charge is 0.228 e. The molecule has 1 aromatic heterocycles. The van der Waals surface area contributed by atoms with Crippen LogP contribution in [-0.2, 0) is 17.6 Å². The number of amides is 1. The molecule has 1 aliphatic rings. The number of fused-ring (bicyclic) bond motifs is 2. The maximum atomic E-state index is 13.5. The molecule has 1 heterocycles. The first-order chi connectivity index (χ1) is 15.5. The summed E-state index contributed by atoms with van der Waals surface area (Å²) < 4.78 is 13.5. The predicted molar refractivity (Wildman–Crippen MR) is 127 cm³/mol. The van der Waals surface area contributed by atoms with E-state index in [1.807, 2.05) is 48.5 Å². The van der Waals surface area contributed by atoms with E-state index >= 15 is 0 Å². The van der Waals surface area contributed by atoms with E-state index in [9.17, 15) is 9.18 Å². The number of hydrogen-bond acceptors (Lipinski definition) is 3. The zero-order valence-corrected chi connectivity index (χ0v) is 18.0. The Kier molecular flexibility index (Phi) is 5.50. The van der Waals surface area contributed by atoms with Gasteiger partial charge < -0.3 is 10.6 Å². The highest BCUT2D eigenvalue weighted by Gasteiger charge is 2.23. The number of carbonyl (C=O) groups is 1. The number of aromatic nitrogens is 1. The van der Waals surface area contributed by atoms with Crippen LogP contribution in [-0.4, -0.2) is 10.9 Å². The van der Waals surface area contributed by atoms with Crippen LogP contribution in [0.5, 0.6) is 0 Å². The molecule has 5 rings (SSSR count). The van der Waals surface area contributed by atoms with E-state index in [4.69, 9.17) is 16.6 Å². The van der Waals surface area contributed by atoms with Gasteiger partial charge in [0, 0.05) is 10.4 Å². The van der Waals surface area contributed by atoms with Crippen LogP contribution in [0.1, 0.15) is 29.2 Å². The maximum absolute atomic E-state index is 13.5. The van der Waals surface area contributed by atoms with Crippen LogP contribution in [0.3, 0.4) is 0 Å². The molecule has 0 aliphatic heterocycles. The Bertz CT molecular complexity index is 1310. The molecule has 1 amide bonds. The van der Waals surface area contributed by atoms with Crippen molar-refractivity contribution in [3.05, 3.63) is 100 Å². The molecule has 0 saturated heterocycles. The van der Waals surface area contributed by atoms with Crippen LogP contribution in [0.2, 0.25) is 5.02 Å². The molecule has 0 saturated carbocycles. The second-order valence-corrected chi connectivity index (χ2v) is 8.44. The van der Waals surface area contributed by atoms with Gasteiger partial charge in [0.15, 0.2) is 0 Å². The van der Waals surface area contributed by atoms with Crippen molar-refractivity contribution in [1.82, 2.24) is 4.98 Å². The van der Waals surface area contributed by atoms with E-state index in [0.717, 1.165) is 51.9 Å². The van der Waals surface area contributed by atoms with Crippen molar-refractivity contribution in [1.29, 1.82) is 0 Å². The van der Waals surface area contributed by atoms with Crippen LogP contribution in [0, 0.1) is 5.82 Å². The summed E-state index contributed by atoms with van der Waals surface area (Å²) in [5.74, 6) is 0.458. The van der Waals surface area contributed by atoms with E-state index in [1.165, 1.54) is 6.07 Å². The number of nitrogens with one attached hydrogen (secondary N) is 2. The number of pyridine rings is 1. The van der Waals surface area contributed by atoms with Crippen LogP contribution in [0.25, 0.3) is 10.9 Å². The van der Waals surface area contributed by atoms with Crippen LogP contribution >= 0.6 is 11.6 Å². The highest BCUT2D eigenvalue weighted by Crippen LogP contribution is 2.34. The minimum Gasteiger partial charge on any atom is -0.363 e. The molecule has 1 unspecified atom stereocenters. The molecule has 1 atom stereocenters. The number of nitrogens with zero attached hydrogens (tertiary/aromatic N) is 1. The average Bonchev–Trinajstić information content (AvgIpc) is 3.17. The van der Waals surface area contributed by atoms with Crippen molar-refractivity contribution >= 4 is 39.9 Å². The average molecular weight is 446 g/mol. The number of hydrogen-bond donors (Lipinski definition) is 2. The molecule has 6 heteroatoms. The van der Waals surface area contributed by atoms with E-state index < -0.39 is 0 Å². The van der Waals surface area contributed by atoms with Gasteiger partial charge in [-0.1, -0.05) is 35.9 Å². The summed E-state index contributed by atoms with van der Waals surface area (Å²) in [7, 11) is 0. The third kappa shape index (κ3) is 4.30. The van der Waals surface area contributed by atoms with Crippen molar-refractivity contribution in [3.8, 4) is 0 Å². The monoisotopic (exact) mass is 445 g/mol. The zero-order chi connectivity index (χ0) is 22.1. The second-order valence-electron chi connectivity index (χ2n) is 8.00. The number of carbonyl (C=O) groups excluding carboxylic acids is 1. The number of halogens is 2. The van der Waals surface area contributed by atoms with Crippen LogP contribution in [0.4, 0.5) is 15.9 Å². The number of benzene rings is 3. The van der Waals surface area contributed by atoms with Gasteiger partial charge in [-0.2, -0.15) is 0 Å². The van der Waals surface area contributed by atoms with E-state index in [2.05, 4.69) is 10.6 Å². The van der Waals surface area contributed by atoms with Crippen LogP contribution in [0.15, 0.2) is 72.8 Å². The van der Waals surface area contributed by atoms with Gasteiger partial charge >= 0.3 is 0 Å². The molecule has 0 spiro atoms. The van der Waals surface area contributed by atoms with Gasteiger partial charge in [-0.15, -0.1) is 0 Å². The molecule has 3 aromatic carbocycles. The molecular weight excluding hydrogens is 425 g/mol. The van der Waals surface area contributed by atoms with E-state index in [0.29, 0.717) is 5.02 Å². The van der Waals surface area contributed by atoms with E-state index in [-0.39, 0.29) is 24.2 Å². The van der Waals surface area contributed by atoms with Gasteiger partial charge in [0.25, 0.3) is 0 Å². The lowest BCUT2D eigenvalue weighted by Crippen LogP contribution is -2.14. The fourth-order valence-electron chi connectivity index (χ4n) is 4.24. The SMILES string of the molecule is O=C(Cc1ccc(Cl)cc1)Nc1cccc2nc(NC3CCc4cc(F)ccc43)ccc12. The van der Waals surface area contributed by atoms with Gasteiger partial charge in [-0.05, 0) is 78.1 Å². The van der Waals surface area contributed by atoms with Crippen molar-refractivity contribution in [3.63, 3.8) is 0 Å². The second kappa shape index (κ2) is 8.60. The molecule has 1 aliphatic carbocycles. The Morgan fingerprint density at radius 2 is 1.91 bits per heavy atom. The van der Waals surface area contributed by atoms with Crippen LogP contribution < -0.4 is 10.6 Å². The van der Waals surface area contributed by atoms with Crippen molar-refractivity contribution in [2.45, 2.75) is 25.3 Å². The molecule has 2 N–H and O–H groups in total. The molecule has 0 bridgehead atoms. The molecular formula is C26H21ClFN3O. The largest absolute Gasteiger partial charge is 0.363 e. The summed E-state index contributed by atoms with van der Waals surface area (Å²) in [4.78, 5) is 17.3. The fraction of sp³-hybridized carbons (Fsp3) is 0.154. The van der Waals surface area contributed by atoms with Gasteiger partial charge in [-0.3, -0.25) is 4.79 Å². The minimum atomic E-state index is -0.195. The Morgan fingerprint density at radius 1 is 1.06 bits per heavy atom. The lowest BCUT2D eigenvalue weighted by molar-refractivity contribution is -0.115. The Balaban J connectivity index is 1.33. The van der Waals surface area contributed by atoms with Crippen molar-refractivity contribution in [2.75, 3.05) is 10.6 Å². The summed E-state index contributed by atoms with van der Waals surface area (Å²) >= 11 is 5.91. The van der Waals surface area contributed by atoms with E-state index in [1.54, 1.807) is 18.2 Å². The first kappa shape index (κ1) is 20.5. The standard InChI is InChI=1S/C26H21ClFN3O/c27-18-7-4-16(5-8-18)14-26(32)31-23-3-1-2-22-21(23)11-13-25(29-22)30-24-12-6-17-15-19(28)9-10-20(17)24/h1-5,7-11,13,15,24H,6,12,14H2,(H,29,30)(H,31,32). The summed E-state index contributed by atoms with van der Waals surface area (Å²) in [5, 5.41) is 7.98. The zero-order valence-electron chi connectivity index (χ0n) is 17.2. The first-order valence-electron chi connectivity index (χ1n) is 10.5. The number of aryl methyl sites for hydroxylation is 1. The fourth-order valence-corrected chi connectivity index (χ4v) is 4.37. The molecule has 32 heavy (non-hydrogen) atoms. The highest BCUT2D eigenvalue weighted by atomic mass is 35.5. The quantitative estimate of drug-likeness (QED) is 0.378. The van der Waals surface area contributed by atoms with Crippen molar-refractivity contribution in [2.24, 2.45) is 0 Å². The van der Waals surface area contributed by atoms with Gasteiger partial charge in [0.05, 0.1) is 23.7 Å². The normalized spacial score (nSPS) is 14.9. The molecule has 0 radical (unpaired) electrons. The minimum absolute atomic E-state index is 0.100. The number of anilines is 2. The molecule has 0 fully saturated rings. The van der Waals surface area contributed by atoms with Gasteiger partial charge in [0.2, 0.25) is 5.91 Å². The summed E-state index contributed by atoms with van der Waals surface area (Å²) in [5.41, 5.74) is 4.58. The summed E-state index contributed by atoms with van der Waals surface area (Å²) in [6.45, 7) is 0.